The van der Waals surface area contributed by atoms with Crippen LogP contribution in [0.1, 0.15) is 11.1 Å². The molecule has 0 saturated heterocycles. The van der Waals surface area contributed by atoms with Crippen molar-refractivity contribution >= 4 is 30.0 Å². The molecule has 1 amide bonds. The van der Waals surface area contributed by atoms with Gasteiger partial charge in [0.15, 0.2) is 0 Å². The molecule has 112 valence electrons. The largest absolute Gasteiger partial charge is 0.272 e. The lowest BCUT2D eigenvalue weighted by Gasteiger charge is -2.01. The van der Waals surface area contributed by atoms with E-state index in [2.05, 4.69) is 10.5 Å². The summed E-state index contributed by atoms with van der Waals surface area (Å²) in [6, 6.07) is 18.0. The highest BCUT2D eigenvalue weighted by Crippen LogP contribution is 2.17. The van der Waals surface area contributed by atoms with Crippen LogP contribution in [-0.2, 0) is 4.79 Å². The fourth-order valence-corrected chi connectivity index (χ4v) is 2.38. The number of amides is 1. The Morgan fingerprint density at radius 1 is 1.14 bits per heavy atom. The van der Waals surface area contributed by atoms with Gasteiger partial charge in [0, 0.05) is 11.1 Å². The van der Waals surface area contributed by atoms with Crippen molar-refractivity contribution < 1.29 is 4.79 Å². The number of hydrazone groups is 1. The summed E-state index contributed by atoms with van der Waals surface area (Å²) in [5, 5.41) is 3.89. The van der Waals surface area contributed by atoms with Crippen molar-refractivity contribution in [3.63, 3.8) is 0 Å². The Bertz CT molecular complexity index is 649. The van der Waals surface area contributed by atoms with E-state index in [4.69, 9.17) is 0 Å². The van der Waals surface area contributed by atoms with Crippen LogP contribution in [0, 0.1) is 6.92 Å². The Labute approximate surface area is 135 Å². The molecule has 0 aliphatic rings. The molecule has 2 aromatic rings. The Morgan fingerprint density at radius 2 is 1.86 bits per heavy atom. The smallest absolute Gasteiger partial charge is 0.250 e. The quantitative estimate of drug-likeness (QED) is 0.499. The van der Waals surface area contributed by atoms with Gasteiger partial charge in [-0.25, -0.2) is 5.43 Å². The van der Waals surface area contributed by atoms with Gasteiger partial charge < -0.3 is 0 Å². The van der Waals surface area contributed by atoms with Gasteiger partial charge in [-0.3, -0.25) is 4.79 Å². The monoisotopic (exact) mass is 310 g/mol. The molecule has 0 unspecified atom stereocenters. The number of thioether (sulfide) groups is 1. The molecule has 2 aromatic carbocycles. The summed E-state index contributed by atoms with van der Waals surface area (Å²) in [5.74, 6) is 0.234. The predicted molar refractivity (Wildman–Crippen MR) is 94.0 cm³/mol. The fraction of sp³-hybridized carbons (Fsp3) is 0.111. The highest BCUT2D eigenvalue weighted by Gasteiger charge is 2.00. The molecule has 2 rings (SSSR count). The Kier molecular flexibility index (Phi) is 6.45. The molecule has 0 atom stereocenters. The van der Waals surface area contributed by atoms with Crippen molar-refractivity contribution in [3.8, 4) is 0 Å². The van der Waals surface area contributed by atoms with Crippen LogP contribution in [0.15, 0.2) is 70.7 Å². The van der Waals surface area contributed by atoms with Crippen LogP contribution in [0.4, 0.5) is 0 Å². The summed E-state index contributed by atoms with van der Waals surface area (Å²) in [6.45, 7) is 2.04. The summed E-state index contributed by atoms with van der Waals surface area (Å²) in [7, 11) is 0. The molecule has 0 aliphatic heterocycles. The van der Waals surface area contributed by atoms with E-state index in [1.807, 2.05) is 67.6 Å². The lowest BCUT2D eigenvalue weighted by Crippen LogP contribution is -2.19. The second-order valence-electron chi connectivity index (χ2n) is 4.68. The maximum absolute atomic E-state index is 11.6. The summed E-state index contributed by atoms with van der Waals surface area (Å²) in [6.07, 6.45) is 5.29. The first-order valence-electron chi connectivity index (χ1n) is 6.97. The van der Waals surface area contributed by atoms with Crippen LogP contribution in [0.2, 0.25) is 0 Å². The van der Waals surface area contributed by atoms with Crippen molar-refractivity contribution in [1.29, 1.82) is 0 Å². The summed E-state index contributed by atoms with van der Waals surface area (Å²) < 4.78 is 0. The first-order valence-corrected chi connectivity index (χ1v) is 7.96. The molecule has 0 bridgehead atoms. The molecule has 0 radical (unpaired) electrons. The van der Waals surface area contributed by atoms with Crippen LogP contribution in [0.5, 0.6) is 0 Å². The van der Waals surface area contributed by atoms with Gasteiger partial charge in [0.2, 0.25) is 5.91 Å². The molecule has 4 heteroatoms. The number of hydrogen-bond donors (Lipinski definition) is 1. The highest BCUT2D eigenvalue weighted by atomic mass is 32.2. The van der Waals surface area contributed by atoms with Crippen molar-refractivity contribution in [2.45, 2.75) is 11.8 Å². The number of hydrogen-bond acceptors (Lipinski definition) is 3. The van der Waals surface area contributed by atoms with Crippen molar-refractivity contribution in [2.75, 3.05) is 5.75 Å². The van der Waals surface area contributed by atoms with Crippen molar-refractivity contribution in [2.24, 2.45) is 5.10 Å². The minimum Gasteiger partial charge on any atom is -0.272 e. The molecule has 0 aromatic heterocycles. The third kappa shape index (κ3) is 5.97. The van der Waals surface area contributed by atoms with Crippen LogP contribution in [-0.4, -0.2) is 17.9 Å². The van der Waals surface area contributed by atoms with E-state index < -0.39 is 0 Å². The number of nitrogens with one attached hydrogen (secondary N) is 1. The standard InChI is InChI=1S/C18H18N2OS/c1-15-9-11-17(12-10-15)22-14-18(21)20-19-13-5-8-16-6-3-2-4-7-16/h2-13H,14H2,1H3,(H,20,21)/b8-5+,19-13+. The average Bonchev–Trinajstić information content (AvgIpc) is 2.55. The third-order valence-corrected chi connectivity index (χ3v) is 3.84. The van der Waals surface area contributed by atoms with Crippen LogP contribution in [0.25, 0.3) is 6.08 Å². The number of rotatable bonds is 6. The number of benzene rings is 2. The maximum Gasteiger partial charge on any atom is 0.250 e. The number of nitrogens with zero attached hydrogens (tertiary/aromatic N) is 1. The molecule has 3 nitrogen and oxygen atoms in total. The molecule has 0 saturated carbocycles. The first-order chi connectivity index (χ1) is 10.7. The Balaban J connectivity index is 1.70. The molecule has 22 heavy (non-hydrogen) atoms. The summed E-state index contributed by atoms with van der Waals surface area (Å²) >= 11 is 1.49. The topological polar surface area (TPSA) is 41.5 Å². The van der Waals surface area contributed by atoms with Crippen LogP contribution in [0.3, 0.4) is 0 Å². The van der Waals surface area contributed by atoms with Gasteiger partial charge in [-0.1, -0.05) is 54.1 Å². The van der Waals surface area contributed by atoms with Crippen LogP contribution < -0.4 is 5.43 Å². The lowest BCUT2D eigenvalue weighted by molar-refractivity contribution is -0.118. The van der Waals surface area contributed by atoms with Crippen molar-refractivity contribution in [3.05, 3.63) is 71.8 Å². The maximum atomic E-state index is 11.6. The summed E-state index contributed by atoms with van der Waals surface area (Å²) in [5.41, 5.74) is 4.81. The first kappa shape index (κ1) is 16.0. The number of carbonyl (C=O) groups is 1. The lowest BCUT2D eigenvalue weighted by atomic mass is 10.2. The Morgan fingerprint density at radius 3 is 2.59 bits per heavy atom. The van der Waals surface area contributed by atoms with E-state index in [9.17, 15) is 4.79 Å². The van der Waals surface area contributed by atoms with Gasteiger partial charge in [0.05, 0.1) is 5.75 Å². The van der Waals surface area contributed by atoms with E-state index in [1.165, 1.54) is 17.3 Å². The zero-order valence-corrected chi connectivity index (χ0v) is 13.2. The van der Waals surface area contributed by atoms with Crippen molar-refractivity contribution in [1.82, 2.24) is 5.43 Å². The van der Waals surface area contributed by atoms with Gasteiger partial charge in [0.25, 0.3) is 0 Å². The molecular weight excluding hydrogens is 292 g/mol. The minimum absolute atomic E-state index is 0.116. The normalized spacial score (nSPS) is 11.1. The van der Waals surface area contributed by atoms with Gasteiger partial charge in [-0.2, -0.15) is 5.10 Å². The van der Waals surface area contributed by atoms with E-state index in [0.717, 1.165) is 10.5 Å². The second-order valence-corrected chi connectivity index (χ2v) is 5.73. The molecule has 0 heterocycles. The Hall–Kier alpha value is -2.33. The number of aryl methyl sites for hydroxylation is 1. The minimum atomic E-state index is -0.116. The van der Waals surface area contributed by atoms with E-state index in [-0.39, 0.29) is 5.91 Å². The molecular formula is C18H18N2OS. The SMILES string of the molecule is Cc1ccc(SCC(=O)N/N=C/C=C/c2ccccc2)cc1. The van der Waals surface area contributed by atoms with E-state index in [0.29, 0.717) is 5.75 Å². The van der Waals surface area contributed by atoms with E-state index in [1.54, 1.807) is 12.3 Å². The van der Waals surface area contributed by atoms with Gasteiger partial charge in [-0.05, 0) is 30.7 Å². The second kappa shape index (κ2) is 8.85. The molecule has 0 spiro atoms. The average molecular weight is 310 g/mol. The van der Waals surface area contributed by atoms with Gasteiger partial charge >= 0.3 is 0 Å². The van der Waals surface area contributed by atoms with Gasteiger partial charge in [-0.15, -0.1) is 11.8 Å². The summed E-state index contributed by atoms with van der Waals surface area (Å²) in [4.78, 5) is 12.7. The predicted octanol–water partition coefficient (Wildman–Crippen LogP) is 3.90. The molecule has 1 N–H and O–H groups in total. The molecule has 0 aliphatic carbocycles. The highest BCUT2D eigenvalue weighted by molar-refractivity contribution is 8.00. The van der Waals surface area contributed by atoms with Crippen LogP contribution >= 0.6 is 11.8 Å². The fourth-order valence-electron chi connectivity index (χ4n) is 1.69. The number of carbonyl (C=O) groups excluding carboxylic acids is 1. The third-order valence-electron chi connectivity index (χ3n) is 2.83. The van der Waals surface area contributed by atoms with Gasteiger partial charge in [0.1, 0.15) is 0 Å². The van der Waals surface area contributed by atoms with E-state index >= 15 is 0 Å². The zero-order chi connectivity index (χ0) is 15.6. The zero-order valence-electron chi connectivity index (χ0n) is 12.4. The molecule has 0 fully saturated rings. The number of allylic oxidation sites excluding steroid dienone is 1.